The molecule has 4 amide bonds. The van der Waals surface area contributed by atoms with E-state index >= 15 is 0 Å². The maximum absolute atomic E-state index is 13.6. The van der Waals surface area contributed by atoms with Crippen molar-refractivity contribution >= 4 is 66.9 Å². The van der Waals surface area contributed by atoms with Crippen LogP contribution in [0, 0.1) is 11.6 Å². The molecule has 398 valence electrons. The Balaban J connectivity index is 0.000000221. The number of phenols is 1. The molecule has 0 unspecified atom stereocenters. The number of hydrogen-bond donors (Lipinski definition) is 1. The fraction of sp³-hybridized carbons (Fsp3) is 0.271. The molecular formula is C48H45F5N4O16P2. The Morgan fingerprint density at radius 1 is 0.573 bits per heavy atom. The number of benzene rings is 4. The number of nitrogens with zero attached hydrogens (tertiary/aromatic N) is 4. The minimum absolute atomic E-state index is 0.0154. The van der Waals surface area contributed by atoms with Crippen LogP contribution in [0.5, 0.6) is 23.0 Å². The van der Waals surface area contributed by atoms with Gasteiger partial charge in [-0.15, -0.1) is 0 Å². The highest BCUT2D eigenvalue weighted by atomic mass is 31.2. The largest absolute Gasteiger partial charge is 0.505 e. The van der Waals surface area contributed by atoms with Gasteiger partial charge in [0.2, 0.25) is 6.29 Å². The Kier molecular flexibility index (Phi) is 18.6. The molecule has 0 atom stereocenters. The molecule has 0 aliphatic carbocycles. The van der Waals surface area contributed by atoms with Crippen LogP contribution in [0.15, 0.2) is 85.2 Å². The number of carbonyl (C=O) groups excluding carboxylic acids is 5. The van der Waals surface area contributed by atoms with Gasteiger partial charge in [-0.3, -0.25) is 52.9 Å². The number of aromatic hydroxyl groups is 1. The molecule has 2 aromatic heterocycles. The molecule has 4 heterocycles. The smallest absolute Gasteiger partial charge is 0.446 e. The number of amides is 4. The van der Waals surface area contributed by atoms with Gasteiger partial charge >= 0.3 is 21.4 Å². The van der Waals surface area contributed by atoms with Crippen LogP contribution in [-0.4, -0.2) is 129 Å². The van der Waals surface area contributed by atoms with Crippen molar-refractivity contribution in [3.05, 3.63) is 130 Å². The number of alkyl halides is 3. The molecule has 20 nitrogen and oxygen atoms in total. The topological polar surface area (TPSA) is 246 Å². The number of imide groups is 2. The van der Waals surface area contributed by atoms with Crippen molar-refractivity contribution in [2.75, 3.05) is 67.9 Å². The van der Waals surface area contributed by atoms with Crippen molar-refractivity contribution in [3.63, 3.8) is 0 Å². The molecule has 6 aromatic rings. The molecule has 0 saturated heterocycles. The van der Waals surface area contributed by atoms with Crippen molar-refractivity contribution in [2.24, 2.45) is 0 Å². The van der Waals surface area contributed by atoms with E-state index in [9.17, 15) is 55.4 Å². The summed E-state index contributed by atoms with van der Waals surface area (Å²) >= 11 is 0. The normalized spacial score (nSPS) is 13.3. The third-order valence-electron chi connectivity index (χ3n) is 11.1. The van der Waals surface area contributed by atoms with E-state index in [2.05, 4.69) is 9.97 Å². The highest BCUT2D eigenvalue weighted by Gasteiger charge is 2.44. The summed E-state index contributed by atoms with van der Waals surface area (Å²) in [5.74, 6) is -3.77. The highest BCUT2D eigenvalue weighted by molar-refractivity contribution is 7.54. The number of aldehydes is 1. The SMILES string of the molecule is COCOc1c2c(c(OCCP(=O)(OC)OC)c3cccnc13)C(=O)N(Cc1ccc(F)cc1)C2=O.COP(=O)(CCOc1c2c(c(O)c3ncccc13)C(=O)N(Cc1ccc(F)cc1)C2=O)OC.O=CC(F)(F)F. The predicted octanol–water partition coefficient (Wildman–Crippen LogP) is 8.51. The summed E-state index contributed by atoms with van der Waals surface area (Å²) in [6.45, 7) is -0.699. The van der Waals surface area contributed by atoms with Crippen molar-refractivity contribution in [3.8, 4) is 23.0 Å². The molecule has 0 radical (unpaired) electrons. The number of ether oxygens (including phenoxy) is 4. The third-order valence-corrected chi connectivity index (χ3v) is 14.8. The maximum atomic E-state index is 13.6. The van der Waals surface area contributed by atoms with Gasteiger partial charge in [0.1, 0.15) is 45.3 Å². The lowest BCUT2D eigenvalue weighted by Crippen LogP contribution is -2.29. The van der Waals surface area contributed by atoms with Gasteiger partial charge < -0.3 is 42.1 Å². The molecule has 0 fully saturated rings. The van der Waals surface area contributed by atoms with Gasteiger partial charge in [-0.2, -0.15) is 13.2 Å². The Morgan fingerprint density at radius 2 is 0.947 bits per heavy atom. The Labute approximate surface area is 423 Å². The summed E-state index contributed by atoms with van der Waals surface area (Å²) in [6, 6.07) is 17.3. The van der Waals surface area contributed by atoms with Crippen molar-refractivity contribution < 1.29 is 97.2 Å². The van der Waals surface area contributed by atoms with E-state index in [1.807, 2.05) is 0 Å². The molecule has 2 aliphatic rings. The van der Waals surface area contributed by atoms with E-state index in [-0.39, 0.29) is 96.0 Å². The van der Waals surface area contributed by atoms with Crippen LogP contribution >= 0.6 is 15.2 Å². The molecule has 0 bridgehead atoms. The second-order valence-electron chi connectivity index (χ2n) is 15.6. The third kappa shape index (κ3) is 12.8. The molecule has 2 aliphatic heterocycles. The summed E-state index contributed by atoms with van der Waals surface area (Å²) in [4.78, 5) is 72.7. The van der Waals surface area contributed by atoms with Gasteiger partial charge in [0.05, 0.1) is 49.8 Å². The number of rotatable bonds is 19. The first-order valence-electron chi connectivity index (χ1n) is 21.8. The first-order chi connectivity index (χ1) is 35.7. The van der Waals surface area contributed by atoms with Crippen LogP contribution in [0.2, 0.25) is 0 Å². The average molecular weight is 1090 g/mol. The van der Waals surface area contributed by atoms with Gasteiger partial charge in [0.15, 0.2) is 18.3 Å². The fourth-order valence-electron chi connectivity index (χ4n) is 7.48. The minimum atomic E-state index is -4.64. The van der Waals surface area contributed by atoms with Gasteiger partial charge in [-0.1, -0.05) is 24.3 Å². The molecule has 4 aromatic carbocycles. The van der Waals surface area contributed by atoms with Crippen LogP contribution < -0.4 is 14.2 Å². The van der Waals surface area contributed by atoms with Gasteiger partial charge in [0, 0.05) is 58.7 Å². The summed E-state index contributed by atoms with van der Waals surface area (Å²) in [5.41, 5.74) is 1.05. The Bertz CT molecular complexity index is 3210. The predicted molar refractivity (Wildman–Crippen MR) is 255 cm³/mol. The van der Waals surface area contributed by atoms with Crippen molar-refractivity contribution in [2.45, 2.75) is 19.3 Å². The number of carbonyl (C=O) groups is 5. The zero-order valence-electron chi connectivity index (χ0n) is 40.3. The van der Waals surface area contributed by atoms with E-state index in [4.69, 9.17) is 41.8 Å². The van der Waals surface area contributed by atoms with Gasteiger partial charge in [-0.25, -0.2) is 8.78 Å². The zero-order valence-corrected chi connectivity index (χ0v) is 42.0. The molecule has 75 heavy (non-hydrogen) atoms. The van der Waals surface area contributed by atoms with Crippen molar-refractivity contribution in [1.82, 2.24) is 19.8 Å². The van der Waals surface area contributed by atoms with Gasteiger partial charge in [0.25, 0.3) is 23.6 Å². The Hall–Kier alpha value is -7.24. The lowest BCUT2D eigenvalue weighted by atomic mass is 10.0. The number of pyridine rings is 2. The van der Waals surface area contributed by atoms with E-state index < -0.39 is 68.7 Å². The number of aromatic nitrogens is 2. The van der Waals surface area contributed by atoms with Crippen LogP contribution in [0.4, 0.5) is 22.0 Å². The number of hydrogen-bond acceptors (Lipinski definition) is 18. The monoisotopic (exact) mass is 1090 g/mol. The summed E-state index contributed by atoms with van der Waals surface area (Å²) in [7, 11) is -0.325. The summed E-state index contributed by atoms with van der Waals surface area (Å²) < 4.78 is 125. The summed E-state index contributed by atoms with van der Waals surface area (Å²) in [5, 5.41) is 11.5. The molecule has 1 N–H and O–H groups in total. The van der Waals surface area contributed by atoms with Gasteiger partial charge in [-0.05, 0) is 59.7 Å². The standard InChI is InChI=1S/C24H24FN2O8P.C22H20FN2O7P.C2HF3O/c1-31-14-35-22-19-18(23(28)27(24(19)29)13-15-6-8-16(25)9-7-15)21(17-5-4-10-26-20(17)22)34-11-12-36(30,32-2)33-3;1-30-33(29,31-2)11-10-32-20-15-4-3-9-24-18(15)19(26)16-17(20)22(28)25(21(16)27)12-13-5-7-14(23)8-6-13;3-2(4,5)1-6/h4-10H,11-14H2,1-3H3;3-9,26H,10-12H2,1-2H3;1H. The van der Waals surface area contributed by atoms with E-state index in [0.717, 1.165) is 9.80 Å². The molecule has 27 heteroatoms. The van der Waals surface area contributed by atoms with Crippen LogP contribution in [-0.2, 0) is 49.8 Å². The van der Waals surface area contributed by atoms with Crippen LogP contribution in [0.1, 0.15) is 52.6 Å². The number of methoxy groups -OCH3 is 1. The lowest BCUT2D eigenvalue weighted by Gasteiger charge is -2.18. The second-order valence-corrected chi connectivity index (χ2v) is 20.4. The molecule has 8 rings (SSSR count). The highest BCUT2D eigenvalue weighted by Crippen LogP contribution is 2.49. The average Bonchev–Trinajstić information content (AvgIpc) is 3.80. The van der Waals surface area contributed by atoms with E-state index in [0.29, 0.717) is 21.9 Å². The summed E-state index contributed by atoms with van der Waals surface area (Å²) in [6.07, 6.45) is -2.97. The van der Waals surface area contributed by atoms with Crippen LogP contribution in [0.3, 0.4) is 0 Å². The van der Waals surface area contributed by atoms with Crippen molar-refractivity contribution in [1.29, 1.82) is 0 Å². The van der Waals surface area contributed by atoms with E-state index in [1.165, 1.54) is 96.5 Å². The number of fused-ring (bicyclic) bond motifs is 4. The lowest BCUT2D eigenvalue weighted by molar-refractivity contribution is -0.156. The minimum Gasteiger partial charge on any atom is -0.505 e. The quantitative estimate of drug-likeness (QED) is 0.0262. The number of phenolic OH excluding ortho intramolecular Hbond substituents is 1. The molecule has 0 spiro atoms. The second kappa shape index (κ2) is 24.4. The maximum Gasteiger partial charge on any atom is 0.446 e. The van der Waals surface area contributed by atoms with E-state index in [1.54, 1.807) is 24.3 Å². The fourth-order valence-corrected chi connectivity index (χ4v) is 9.14. The Morgan fingerprint density at radius 3 is 1.35 bits per heavy atom. The number of halogens is 5. The van der Waals surface area contributed by atoms with Crippen LogP contribution in [0.25, 0.3) is 21.8 Å². The zero-order chi connectivity index (χ0) is 54.8. The first-order valence-corrected chi connectivity index (χ1v) is 25.3. The molecule has 0 saturated carbocycles. The molecular weight excluding hydrogens is 1050 g/mol. The first kappa shape index (κ1) is 57.0.